The highest BCUT2D eigenvalue weighted by molar-refractivity contribution is 8.00. The number of esters is 1. The molecular formula is C22H30O3S. The second-order valence-corrected chi connectivity index (χ2v) is 9.34. The summed E-state index contributed by atoms with van der Waals surface area (Å²) in [5.74, 6) is 0.0840. The van der Waals surface area contributed by atoms with Crippen molar-refractivity contribution in [2.75, 3.05) is 7.11 Å². The third-order valence-electron chi connectivity index (χ3n) is 6.62. The van der Waals surface area contributed by atoms with E-state index < -0.39 is 0 Å². The van der Waals surface area contributed by atoms with Gasteiger partial charge in [0.25, 0.3) is 0 Å². The minimum Gasteiger partial charge on any atom is -0.469 e. The summed E-state index contributed by atoms with van der Waals surface area (Å²) in [5, 5.41) is 11.1. The first kappa shape index (κ1) is 19.5. The zero-order valence-corrected chi connectivity index (χ0v) is 17.0. The van der Waals surface area contributed by atoms with Gasteiger partial charge in [0, 0.05) is 15.6 Å². The highest BCUT2D eigenvalue weighted by Crippen LogP contribution is 2.56. The number of aliphatic hydroxyl groups excluding tert-OH is 1. The first-order valence-corrected chi connectivity index (χ1v) is 10.4. The minimum absolute atomic E-state index is 0.0795. The lowest BCUT2D eigenvalue weighted by Crippen LogP contribution is -2.45. The minimum atomic E-state index is -0.383. The molecule has 26 heavy (non-hydrogen) atoms. The molecule has 0 aliphatic heterocycles. The van der Waals surface area contributed by atoms with Crippen LogP contribution < -0.4 is 0 Å². The van der Waals surface area contributed by atoms with Gasteiger partial charge >= 0.3 is 5.97 Å². The van der Waals surface area contributed by atoms with Crippen molar-refractivity contribution in [3.63, 3.8) is 0 Å². The van der Waals surface area contributed by atoms with Crippen LogP contribution in [0.4, 0.5) is 0 Å². The van der Waals surface area contributed by atoms with Gasteiger partial charge in [-0.15, -0.1) is 11.8 Å². The number of hydrogen-bond donors (Lipinski definition) is 1. The van der Waals surface area contributed by atoms with E-state index in [4.69, 9.17) is 4.74 Å². The van der Waals surface area contributed by atoms with Crippen molar-refractivity contribution in [3.05, 3.63) is 41.5 Å². The molecule has 0 saturated heterocycles. The molecular weight excluding hydrogens is 344 g/mol. The molecule has 142 valence electrons. The SMILES string of the molecule is COC(=O)[C@@H](C)[C@@H]1CC[C@]2(C)C(=C(C)[C@H](O)C[C@H]2Sc2ccccc2)C1. The number of ether oxygens (including phenoxy) is 1. The molecule has 0 unspecified atom stereocenters. The highest BCUT2D eigenvalue weighted by atomic mass is 32.2. The molecule has 1 saturated carbocycles. The molecule has 4 heteroatoms. The largest absolute Gasteiger partial charge is 0.469 e. The topological polar surface area (TPSA) is 46.5 Å². The van der Waals surface area contributed by atoms with E-state index >= 15 is 0 Å². The molecule has 0 radical (unpaired) electrons. The van der Waals surface area contributed by atoms with Gasteiger partial charge in [0.15, 0.2) is 0 Å². The van der Waals surface area contributed by atoms with Gasteiger partial charge in [-0.1, -0.05) is 37.6 Å². The van der Waals surface area contributed by atoms with Crippen molar-refractivity contribution >= 4 is 17.7 Å². The number of fused-ring (bicyclic) bond motifs is 1. The van der Waals surface area contributed by atoms with Crippen LogP contribution in [-0.2, 0) is 9.53 Å². The summed E-state index contributed by atoms with van der Waals surface area (Å²) in [6.07, 6.45) is 3.39. The zero-order chi connectivity index (χ0) is 18.9. The molecule has 1 N–H and O–H groups in total. The molecule has 1 fully saturated rings. The number of benzene rings is 1. The lowest BCUT2D eigenvalue weighted by Gasteiger charge is -2.50. The Morgan fingerprint density at radius 3 is 2.69 bits per heavy atom. The first-order valence-electron chi connectivity index (χ1n) is 9.54. The van der Waals surface area contributed by atoms with Crippen molar-refractivity contribution < 1.29 is 14.6 Å². The van der Waals surface area contributed by atoms with E-state index in [9.17, 15) is 9.90 Å². The maximum absolute atomic E-state index is 12.0. The number of thioether (sulfide) groups is 1. The van der Waals surface area contributed by atoms with Gasteiger partial charge in [-0.25, -0.2) is 0 Å². The number of methoxy groups -OCH3 is 1. The average Bonchev–Trinajstić information content (AvgIpc) is 2.66. The molecule has 2 aliphatic rings. The number of allylic oxidation sites excluding steroid dienone is 1. The highest BCUT2D eigenvalue weighted by Gasteiger charge is 2.48. The second kappa shape index (κ2) is 7.77. The molecule has 3 nitrogen and oxygen atoms in total. The fourth-order valence-electron chi connectivity index (χ4n) is 4.69. The maximum atomic E-state index is 12.0. The first-order chi connectivity index (χ1) is 12.4. The Morgan fingerprint density at radius 2 is 2.04 bits per heavy atom. The van der Waals surface area contributed by atoms with E-state index in [1.54, 1.807) is 0 Å². The van der Waals surface area contributed by atoms with Gasteiger partial charge in [0.05, 0.1) is 19.1 Å². The van der Waals surface area contributed by atoms with E-state index in [0.29, 0.717) is 11.2 Å². The van der Waals surface area contributed by atoms with Crippen molar-refractivity contribution in [1.82, 2.24) is 0 Å². The molecule has 1 aromatic carbocycles. The molecule has 0 amide bonds. The fraction of sp³-hybridized carbons (Fsp3) is 0.591. The lowest BCUT2D eigenvalue weighted by molar-refractivity contribution is -0.147. The average molecular weight is 375 g/mol. The molecule has 0 aromatic heterocycles. The van der Waals surface area contributed by atoms with E-state index in [0.717, 1.165) is 31.3 Å². The summed E-state index contributed by atoms with van der Waals surface area (Å²) < 4.78 is 4.97. The predicted molar refractivity (Wildman–Crippen MR) is 106 cm³/mol. The summed E-state index contributed by atoms with van der Waals surface area (Å²) >= 11 is 1.89. The van der Waals surface area contributed by atoms with Crippen LogP contribution in [0.15, 0.2) is 46.4 Å². The van der Waals surface area contributed by atoms with Gasteiger partial charge in [0.2, 0.25) is 0 Å². The predicted octanol–water partition coefficient (Wildman–Crippen LogP) is 4.84. The summed E-state index contributed by atoms with van der Waals surface area (Å²) in [6.45, 7) is 6.41. The van der Waals surface area contributed by atoms with E-state index in [1.165, 1.54) is 17.6 Å². The van der Waals surface area contributed by atoms with Crippen LogP contribution in [0, 0.1) is 17.3 Å². The summed E-state index contributed by atoms with van der Waals surface area (Å²) in [5.41, 5.74) is 2.58. The normalized spacial score (nSPS) is 32.7. The number of carbonyl (C=O) groups excluding carboxylic acids is 1. The van der Waals surface area contributed by atoms with Crippen LogP contribution in [0.25, 0.3) is 0 Å². The summed E-state index contributed by atoms with van der Waals surface area (Å²) in [6, 6.07) is 10.5. The van der Waals surface area contributed by atoms with E-state index in [2.05, 4.69) is 38.1 Å². The van der Waals surface area contributed by atoms with Crippen LogP contribution in [0.1, 0.15) is 46.5 Å². The molecule has 1 aromatic rings. The van der Waals surface area contributed by atoms with Crippen LogP contribution in [0.5, 0.6) is 0 Å². The van der Waals surface area contributed by atoms with Crippen LogP contribution in [0.3, 0.4) is 0 Å². The number of rotatable bonds is 4. The van der Waals surface area contributed by atoms with E-state index in [1.807, 2.05) is 24.8 Å². The van der Waals surface area contributed by atoms with Crippen molar-refractivity contribution in [3.8, 4) is 0 Å². The Morgan fingerprint density at radius 1 is 1.35 bits per heavy atom. The lowest BCUT2D eigenvalue weighted by atomic mass is 9.59. The summed E-state index contributed by atoms with van der Waals surface area (Å²) in [7, 11) is 1.47. The number of hydrogen-bond acceptors (Lipinski definition) is 4. The van der Waals surface area contributed by atoms with Crippen molar-refractivity contribution in [2.24, 2.45) is 17.3 Å². The Balaban J connectivity index is 1.86. The molecule has 5 atom stereocenters. The smallest absolute Gasteiger partial charge is 0.308 e. The van der Waals surface area contributed by atoms with Crippen LogP contribution in [0.2, 0.25) is 0 Å². The molecule has 0 heterocycles. The fourth-order valence-corrected chi connectivity index (χ4v) is 6.13. The third-order valence-corrected chi connectivity index (χ3v) is 8.16. The Hall–Kier alpha value is -1.26. The van der Waals surface area contributed by atoms with Crippen LogP contribution in [-0.4, -0.2) is 29.5 Å². The maximum Gasteiger partial charge on any atom is 0.308 e. The number of aliphatic hydroxyl groups is 1. The van der Waals surface area contributed by atoms with Gasteiger partial charge < -0.3 is 9.84 Å². The Labute approximate surface area is 161 Å². The monoisotopic (exact) mass is 374 g/mol. The molecule has 0 bridgehead atoms. The van der Waals surface area contributed by atoms with Gasteiger partial charge in [-0.2, -0.15) is 0 Å². The Kier molecular flexibility index (Phi) is 5.83. The molecule has 3 rings (SSSR count). The van der Waals surface area contributed by atoms with Gasteiger partial charge in [0.1, 0.15) is 0 Å². The van der Waals surface area contributed by atoms with Gasteiger partial charge in [-0.05, 0) is 56.2 Å². The molecule has 0 spiro atoms. The van der Waals surface area contributed by atoms with Crippen molar-refractivity contribution in [1.29, 1.82) is 0 Å². The third kappa shape index (κ3) is 3.59. The summed E-state index contributed by atoms with van der Waals surface area (Å²) in [4.78, 5) is 13.3. The van der Waals surface area contributed by atoms with Crippen LogP contribution >= 0.6 is 11.8 Å². The second-order valence-electron chi connectivity index (χ2n) is 8.06. The van der Waals surface area contributed by atoms with Gasteiger partial charge in [-0.3, -0.25) is 4.79 Å². The zero-order valence-electron chi connectivity index (χ0n) is 16.2. The molecule has 2 aliphatic carbocycles. The quantitative estimate of drug-likeness (QED) is 0.605. The van der Waals surface area contributed by atoms with E-state index in [-0.39, 0.29) is 23.4 Å². The number of carbonyl (C=O) groups is 1. The standard InChI is InChI=1S/C22H30O3S/c1-14(21(24)25-4)16-10-11-22(3)18(12-16)15(2)19(23)13-20(22)26-17-8-6-5-7-9-17/h5-9,14,16,19-20,23H,10-13H2,1-4H3/t14-,16+,19+,20+,22+/m0/s1. The van der Waals surface area contributed by atoms with Crippen molar-refractivity contribution in [2.45, 2.75) is 62.7 Å². The Bertz CT molecular complexity index is 684.